The molecule has 0 aromatic rings. The first-order chi connectivity index (χ1) is 7.81. The second-order valence-electron chi connectivity index (χ2n) is 6.30. The molecule has 0 amide bonds. The Morgan fingerprint density at radius 1 is 1.12 bits per heavy atom. The Kier molecular flexibility index (Phi) is 3.21. The normalized spacial score (nSPS) is 38.1. The molecule has 1 saturated carbocycles. The van der Waals surface area contributed by atoms with E-state index in [1.807, 2.05) is 0 Å². The molecule has 2 saturated heterocycles. The zero-order chi connectivity index (χ0) is 11.0. The van der Waals surface area contributed by atoms with Gasteiger partial charge in [-0.25, -0.2) is 0 Å². The lowest BCUT2D eigenvalue weighted by molar-refractivity contribution is 0.148. The second kappa shape index (κ2) is 4.66. The molecule has 0 aromatic carbocycles. The van der Waals surface area contributed by atoms with Crippen LogP contribution in [0.4, 0.5) is 0 Å². The molecule has 3 atom stereocenters. The fourth-order valence-corrected chi connectivity index (χ4v) is 3.73. The van der Waals surface area contributed by atoms with Crippen molar-refractivity contribution in [3.63, 3.8) is 0 Å². The number of fused-ring (bicyclic) bond motifs is 2. The summed E-state index contributed by atoms with van der Waals surface area (Å²) >= 11 is 0. The van der Waals surface area contributed by atoms with Crippen LogP contribution in [0, 0.1) is 5.92 Å². The molecule has 2 heteroatoms. The third kappa shape index (κ3) is 2.28. The van der Waals surface area contributed by atoms with Gasteiger partial charge in [0.15, 0.2) is 0 Å². The lowest BCUT2D eigenvalue weighted by Crippen LogP contribution is -2.41. The Morgan fingerprint density at radius 2 is 1.94 bits per heavy atom. The van der Waals surface area contributed by atoms with Gasteiger partial charge >= 0.3 is 0 Å². The zero-order valence-electron chi connectivity index (χ0n) is 10.6. The van der Waals surface area contributed by atoms with Crippen LogP contribution in [0.3, 0.4) is 0 Å². The van der Waals surface area contributed by atoms with E-state index in [0.717, 1.165) is 24.0 Å². The third-order valence-corrected chi connectivity index (χ3v) is 5.08. The minimum absolute atomic E-state index is 0.802. The van der Waals surface area contributed by atoms with Gasteiger partial charge in [-0.2, -0.15) is 0 Å². The van der Waals surface area contributed by atoms with E-state index < -0.39 is 0 Å². The Morgan fingerprint density at radius 3 is 2.69 bits per heavy atom. The first-order valence-electron chi connectivity index (χ1n) is 7.31. The molecule has 0 spiro atoms. The van der Waals surface area contributed by atoms with Crippen LogP contribution in [0.25, 0.3) is 0 Å². The maximum absolute atomic E-state index is 3.78. The van der Waals surface area contributed by atoms with Crippen molar-refractivity contribution in [1.29, 1.82) is 0 Å². The number of hydrogen-bond donors (Lipinski definition) is 1. The summed E-state index contributed by atoms with van der Waals surface area (Å²) < 4.78 is 0. The molecule has 3 aliphatic rings. The fourth-order valence-electron chi connectivity index (χ4n) is 3.73. The molecule has 1 N–H and O–H groups in total. The van der Waals surface area contributed by atoms with E-state index in [0.29, 0.717) is 0 Å². The summed E-state index contributed by atoms with van der Waals surface area (Å²) in [6.07, 6.45) is 10.2. The van der Waals surface area contributed by atoms with Gasteiger partial charge in [0.2, 0.25) is 0 Å². The van der Waals surface area contributed by atoms with Gasteiger partial charge in [-0.1, -0.05) is 19.3 Å². The maximum atomic E-state index is 3.78. The first kappa shape index (κ1) is 11.0. The van der Waals surface area contributed by atoms with Gasteiger partial charge in [0, 0.05) is 24.7 Å². The molecule has 92 valence electrons. The van der Waals surface area contributed by atoms with Gasteiger partial charge in [-0.15, -0.1) is 0 Å². The molecule has 3 fully saturated rings. The third-order valence-electron chi connectivity index (χ3n) is 5.08. The summed E-state index contributed by atoms with van der Waals surface area (Å²) in [5.74, 6) is 1.06. The Balaban J connectivity index is 1.52. The molecule has 3 rings (SSSR count). The number of likely N-dealkylation sites (tertiary alicyclic amines) is 1. The van der Waals surface area contributed by atoms with Gasteiger partial charge in [-0.3, -0.25) is 4.90 Å². The van der Waals surface area contributed by atoms with Crippen LogP contribution in [-0.2, 0) is 0 Å². The Hall–Kier alpha value is -0.0800. The predicted octanol–water partition coefficient (Wildman–Crippen LogP) is 2.39. The minimum Gasteiger partial charge on any atom is -0.310 e. The second-order valence-corrected chi connectivity index (χ2v) is 6.30. The molecular formula is C14H26N2. The van der Waals surface area contributed by atoms with Gasteiger partial charge < -0.3 is 5.32 Å². The molecule has 0 aromatic heterocycles. The number of rotatable bonds is 3. The van der Waals surface area contributed by atoms with E-state index in [1.54, 1.807) is 0 Å². The van der Waals surface area contributed by atoms with Crippen molar-refractivity contribution >= 4 is 0 Å². The van der Waals surface area contributed by atoms with Crippen LogP contribution >= 0.6 is 0 Å². The summed E-state index contributed by atoms with van der Waals surface area (Å²) in [7, 11) is 0. The van der Waals surface area contributed by atoms with E-state index in [4.69, 9.17) is 0 Å². The average molecular weight is 222 g/mol. The monoisotopic (exact) mass is 222 g/mol. The lowest BCUT2D eigenvalue weighted by atomic mass is 9.81. The lowest BCUT2D eigenvalue weighted by Gasteiger charge is -2.35. The first-order valence-corrected chi connectivity index (χ1v) is 7.31. The van der Waals surface area contributed by atoms with E-state index in [9.17, 15) is 0 Å². The van der Waals surface area contributed by atoms with Crippen LogP contribution in [0.5, 0.6) is 0 Å². The standard InChI is InChI=1S/C14H26N2/c1-11(9-12-3-2-4-12)16-8-7-13-5-6-14(10-16)15-13/h11-15H,2-10H2,1H3. The number of nitrogens with zero attached hydrogens (tertiary/aromatic N) is 1. The molecule has 3 unspecified atom stereocenters. The van der Waals surface area contributed by atoms with E-state index in [1.165, 1.54) is 58.0 Å². The molecule has 2 aliphatic heterocycles. The van der Waals surface area contributed by atoms with Crippen LogP contribution in [-0.4, -0.2) is 36.1 Å². The minimum atomic E-state index is 0.802. The van der Waals surface area contributed by atoms with Crippen molar-refractivity contribution in [3.8, 4) is 0 Å². The number of nitrogens with one attached hydrogen (secondary N) is 1. The van der Waals surface area contributed by atoms with E-state index >= 15 is 0 Å². The summed E-state index contributed by atoms with van der Waals surface area (Å²) in [4.78, 5) is 2.76. The topological polar surface area (TPSA) is 15.3 Å². The summed E-state index contributed by atoms with van der Waals surface area (Å²) in [6.45, 7) is 5.10. The van der Waals surface area contributed by atoms with Crippen LogP contribution < -0.4 is 5.32 Å². The fraction of sp³-hybridized carbons (Fsp3) is 1.00. The van der Waals surface area contributed by atoms with Crippen molar-refractivity contribution in [2.24, 2.45) is 5.92 Å². The SMILES string of the molecule is CC(CC1CCC1)N1CCC2CCC(C1)N2. The Bertz CT molecular complexity index is 237. The van der Waals surface area contributed by atoms with Gasteiger partial charge in [0.25, 0.3) is 0 Å². The Labute approximate surface area is 99.8 Å². The highest BCUT2D eigenvalue weighted by Gasteiger charge is 2.32. The molecule has 2 nitrogen and oxygen atoms in total. The molecule has 2 heterocycles. The molecule has 1 aliphatic carbocycles. The van der Waals surface area contributed by atoms with Crippen molar-refractivity contribution in [3.05, 3.63) is 0 Å². The van der Waals surface area contributed by atoms with Crippen molar-refractivity contribution in [2.75, 3.05) is 13.1 Å². The highest BCUT2D eigenvalue weighted by atomic mass is 15.2. The van der Waals surface area contributed by atoms with Gasteiger partial charge in [-0.05, 0) is 45.1 Å². The number of hydrogen-bond acceptors (Lipinski definition) is 2. The highest BCUT2D eigenvalue weighted by molar-refractivity contribution is 4.91. The van der Waals surface area contributed by atoms with Crippen LogP contribution in [0.1, 0.15) is 51.9 Å². The molecule has 2 bridgehead atoms. The largest absolute Gasteiger partial charge is 0.310 e. The van der Waals surface area contributed by atoms with Crippen LogP contribution in [0.2, 0.25) is 0 Å². The predicted molar refractivity (Wildman–Crippen MR) is 67.6 cm³/mol. The maximum Gasteiger partial charge on any atom is 0.0198 e. The summed E-state index contributed by atoms with van der Waals surface area (Å²) in [5, 5.41) is 3.78. The molecule has 16 heavy (non-hydrogen) atoms. The smallest absolute Gasteiger partial charge is 0.0198 e. The van der Waals surface area contributed by atoms with E-state index in [2.05, 4.69) is 17.1 Å². The molecular weight excluding hydrogens is 196 g/mol. The van der Waals surface area contributed by atoms with Gasteiger partial charge in [0.1, 0.15) is 0 Å². The van der Waals surface area contributed by atoms with Crippen molar-refractivity contribution in [2.45, 2.75) is 70.0 Å². The van der Waals surface area contributed by atoms with Gasteiger partial charge in [0.05, 0.1) is 0 Å². The van der Waals surface area contributed by atoms with Crippen molar-refractivity contribution in [1.82, 2.24) is 10.2 Å². The van der Waals surface area contributed by atoms with E-state index in [-0.39, 0.29) is 0 Å². The molecule has 0 radical (unpaired) electrons. The zero-order valence-corrected chi connectivity index (χ0v) is 10.6. The van der Waals surface area contributed by atoms with Crippen molar-refractivity contribution < 1.29 is 0 Å². The quantitative estimate of drug-likeness (QED) is 0.789. The average Bonchev–Trinajstić information content (AvgIpc) is 2.52. The van der Waals surface area contributed by atoms with Crippen LogP contribution in [0.15, 0.2) is 0 Å². The highest BCUT2D eigenvalue weighted by Crippen LogP contribution is 2.32. The summed E-state index contributed by atoms with van der Waals surface area (Å²) in [5.41, 5.74) is 0. The summed E-state index contributed by atoms with van der Waals surface area (Å²) in [6, 6.07) is 2.47.